The number of hydrogen-bond acceptors (Lipinski definition) is 2. The fourth-order valence-corrected chi connectivity index (χ4v) is 1.43. The molecule has 0 aliphatic heterocycles. The maximum atomic E-state index is 11.9. The van der Waals surface area contributed by atoms with E-state index in [-0.39, 0.29) is 12.2 Å². The van der Waals surface area contributed by atoms with Crippen LogP contribution < -0.4 is 4.74 Å². The molecule has 0 aromatic heterocycles. The summed E-state index contributed by atoms with van der Waals surface area (Å²) in [6.07, 6.45) is -4.65. The maximum Gasteiger partial charge on any atom is 0.573 e. The van der Waals surface area contributed by atoms with Crippen LogP contribution in [0.4, 0.5) is 13.2 Å². The largest absolute Gasteiger partial charge is 0.573 e. The van der Waals surface area contributed by atoms with Gasteiger partial charge in [-0.3, -0.25) is 0 Å². The second-order valence-electron chi connectivity index (χ2n) is 2.83. The van der Waals surface area contributed by atoms with Crippen molar-refractivity contribution in [2.75, 3.05) is 0 Å². The number of benzene rings is 1. The molecule has 0 heterocycles. The van der Waals surface area contributed by atoms with E-state index in [9.17, 15) is 13.2 Å². The van der Waals surface area contributed by atoms with Crippen molar-refractivity contribution in [1.29, 1.82) is 5.26 Å². The lowest BCUT2D eigenvalue weighted by molar-refractivity contribution is -0.274. The number of hydrogen-bond donors (Lipinski definition) is 0. The molecule has 88 valence electrons. The summed E-state index contributed by atoms with van der Waals surface area (Å²) < 4.78 is 39.9. The Hall–Kier alpha value is -1.66. The number of nitrogens with zero attached hydrogens (tertiary/aromatic N) is 1. The first-order valence-corrected chi connectivity index (χ1v) is 5.13. The highest BCUT2D eigenvalue weighted by Gasteiger charge is 2.31. The van der Waals surface area contributed by atoms with Gasteiger partial charge in [-0.15, -0.1) is 13.2 Å². The standard InChI is InChI=1S/C11H5BrF3NO/c12-10-7-9(17-11(13,14)15)5-4-8(10)3-1-2-6-16/h4-5,7H,2H2. The molecule has 0 saturated carbocycles. The van der Waals surface area contributed by atoms with E-state index in [1.54, 1.807) is 0 Å². The Balaban J connectivity index is 2.89. The van der Waals surface area contributed by atoms with Crippen molar-refractivity contribution in [2.45, 2.75) is 12.8 Å². The Morgan fingerprint density at radius 2 is 2.06 bits per heavy atom. The minimum atomic E-state index is -4.71. The summed E-state index contributed by atoms with van der Waals surface area (Å²) in [5.41, 5.74) is 0.495. The second-order valence-corrected chi connectivity index (χ2v) is 3.68. The van der Waals surface area contributed by atoms with Crippen LogP contribution in [-0.4, -0.2) is 6.36 Å². The molecule has 0 fully saturated rings. The highest BCUT2D eigenvalue weighted by Crippen LogP contribution is 2.27. The predicted molar refractivity (Wildman–Crippen MR) is 57.9 cm³/mol. The van der Waals surface area contributed by atoms with Crippen LogP contribution in [0.25, 0.3) is 0 Å². The average Bonchev–Trinajstić information content (AvgIpc) is 2.19. The molecule has 1 aromatic carbocycles. The Bertz CT molecular complexity index is 508. The second kappa shape index (κ2) is 5.60. The van der Waals surface area contributed by atoms with Gasteiger partial charge in [-0.1, -0.05) is 11.8 Å². The van der Waals surface area contributed by atoms with Crippen molar-refractivity contribution in [3.8, 4) is 23.7 Å². The van der Waals surface area contributed by atoms with Gasteiger partial charge < -0.3 is 4.74 Å². The topological polar surface area (TPSA) is 33.0 Å². The molecule has 0 unspecified atom stereocenters. The summed E-state index contributed by atoms with van der Waals surface area (Å²) in [5, 5.41) is 8.28. The van der Waals surface area contributed by atoms with Gasteiger partial charge in [0.25, 0.3) is 0 Å². The zero-order chi connectivity index (χ0) is 12.9. The first kappa shape index (κ1) is 13.4. The van der Waals surface area contributed by atoms with Crippen LogP contribution in [0.1, 0.15) is 12.0 Å². The predicted octanol–water partition coefficient (Wildman–Crippen LogP) is 3.61. The van der Waals surface area contributed by atoms with E-state index < -0.39 is 6.36 Å². The lowest BCUT2D eigenvalue weighted by Crippen LogP contribution is -2.17. The summed E-state index contributed by atoms with van der Waals surface area (Å²) >= 11 is 3.07. The van der Waals surface area contributed by atoms with Gasteiger partial charge in [0, 0.05) is 10.0 Å². The number of alkyl halides is 3. The summed E-state index contributed by atoms with van der Waals surface area (Å²) in [4.78, 5) is 0. The molecular weight excluding hydrogens is 299 g/mol. The van der Waals surface area contributed by atoms with Crippen molar-refractivity contribution in [1.82, 2.24) is 0 Å². The van der Waals surface area contributed by atoms with Gasteiger partial charge in [-0.25, -0.2) is 0 Å². The normalized spacial score (nSPS) is 10.1. The smallest absolute Gasteiger partial charge is 0.406 e. The molecule has 0 aliphatic carbocycles. The number of rotatable bonds is 1. The van der Waals surface area contributed by atoms with Crippen LogP contribution >= 0.6 is 15.9 Å². The molecule has 0 amide bonds. The van der Waals surface area contributed by atoms with Crippen LogP contribution in [0.5, 0.6) is 5.75 Å². The summed E-state index contributed by atoms with van der Waals surface area (Å²) in [7, 11) is 0. The molecule has 2 nitrogen and oxygen atoms in total. The van der Waals surface area contributed by atoms with E-state index in [2.05, 4.69) is 32.5 Å². The fraction of sp³-hybridized carbons (Fsp3) is 0.182. The zero-order valence-corrected chi connectivity index (χ0v) is 9.89. The van der Waals surface area contributed by atoms with Gasteiger partial charge in [0.2, 0.25) is 0 Å². The highest BCUT2D eigenvalue weighted by molar-refractivity contribution is 9.10. The molecule has 0 N–H and O–H groups in total. The molecule has 1 rings (SSSR count). The van der Waals surface area contributed by atoms with Crippen molar-refractivity contribution >= 4 is 15.9 Å². The molecule has 6 heteroatoms. The average molecular weight is 304 g/mol. The van der Waals surface area contributed by atoms with E-state index in [1.165, 1.54) is 12.1 Å². The van der Waals surface area contributed by atoms with Crippen LogP contribution in [0.3, 0.4) is 0 Å². The third-order valence-corrected chi connectivity index (χ3v) is 2.22. The van der Waals surface area contributed by atoms with Gasteiger partial charge in [-0.05, 0) is 34.1 Å². The van der Waals surface area contributed by atoms with Gasteiger partial charge in [0.15, 0.2) is 0 Å². The van der Waals surface area contributed by atoms with E-state index in [4.69, 9.17) is 5.26 Å². The highest BCUT2D eigenvalue weighted by atomic mass is 79.9. The van der Waals surface area contributed by atoms with Crippen molar-refractivity contribution in [3.63, 3.8) is 0 Å². The van der Waals surface area contributed by atoms with E-state index in [0.29, 0.717) is 10.0 Å². The summed E-state index contributed by atoms with van der Waals surface area (Å²) in [5.74, 6) is 4.88. The van der Waals surface area contributed by atoms with E-state index in [1.807, 2.05) is 6.07 Å². The van der Waals surface area contributed by atoms with E-state index in [0.717, 1.165) is 6.07 Å². The Labute approximate surface area is 104 Å². The van der Waals surface area contributed by atoms with Gasteiger partial charge in [0.05, 0.1) is 12.5 Å². The van der Waals surface area contributed by atoms with Crippen LogP contribution in [-0.2, 0) is 0 Å². The zero-order valence-electron chi connectivity index (χ0n) is 8.31. The molecule has 1 aromatic rings. The lowest BCUT2D eigenvalue weighted by Gasteiger charge is -2.09. The van der Waals surface area contributed by atoms with Crippen LogP contribution in [0.2, 0.25) is 0 Å². The van der Waals surface area contributed by atoms with Crippen molar-refractivity contribution in [2.24, 2.45) is 0 Å². The van der Waals surface area contributed by atoms with Gasteiger partial charge >= 0.3 is 6.36 Å². The molecule has 0 bridgehead atoms. The SMILES string of the molecule is N#CCC#Cc1ccc(OC(F)(F)F)cc1Br. The Morgan fingerprint density at radius 3 is 2.59 bits per heavy atom. The molecule has 0 atom stereocenters. The summed E-state index contributed by atoms with van der Waals surface area (Å²) in [6, 6.07) is 5.55. The third kappa shape index (κ3) is 4.80. The molecule has 0 radical (unpaired) electrons. The monoisotopic (exact) mass is 303 g/mol. The maximum absolute atomic E-state index is 11.9. The molecule has 0 spiro atoms. The first-order chi connectivity index (χ1) is 7.92. The Morgan fingerprint density at radius 1 is 1.35 bits per heavy atom. The molecule has 0 aliphatic rings. The van der Waals surface area contributed by atoms with Crippen LogP contribution in [0.15, 0.2) is 22.7 Å². The first-order valence-electron chi connectivity index (χ1n) is 4.33. The quantitative estimate of drug-likeness (QED) is 0.743. The molecule has 0 saturated heterocycles. The number of ether oxygens (including phenoxy) is 1. The minimum absolute atomic E-state index is 0.0627. The number of halogens is 4. The lowest BCUT2D eigenvalue weighted by atomic mass is 10.2. The van der Waals surface area contributed by atoms with Gasteiger partial charge in [0.1, 0.15) is 5.75 Å². The Kier molecular flexibility index (Phi) is 4.42. The minimum Gasteiger partial charge on any atom is -0.406 e. The van der Waals surface area contributed by atoms with Crippen LogP contribution in [0, 0.1) is 23.2 Å². The fourth-order valence-electron chi connectivity index (χ4n) is 0.973. The van der Waals surface area contributed by atoms with Gasteiger partial charge in [-0.2, -0.15) is 5.26 Å². The molecular formula is C11H5BrF3NO. The third-order valence-electron chi connectivity index (χ3n) is 1.56. The van der Waals surface area contributed by atoms with E-state index >= 15 is 0 Å². The summed E-state index contributed by atoms with van der Waals surface area (Å²) in [6.45, 7) is 0. The van der Waals surface area contributed by atoms with Crippen molar-refractivity contribution < 1.29 is 17.9 Å². The van der Waals surface area contributed by atoms with Crippen molar-refractivity contribution in [3.05, 3.63) is 28.2 Å². The molecule has 17 heavy (non-hydrogen) atoms. The number of nitriles is 1.